The molecule has 1 rings (SSSR count). The largest absolute Gasteiger partial charge is 0.460 e. The van der Waals surface area contributed by atoms with E-state index >= 15 is 0 Å². The Bertz CT molecular complexity index is 1080. The second-order valence-electron chi connectivity index (χ2n) is 13.9. The molecule has 0 unspecified atom stereocenters. The summed E-state index contributed by atoms with van der Waals surface area (Å²) in [6.07, 6.45) is 9.26. The fourth-order valence-electron chi connectivity index (χ4n) is 6.23. The van der Waals surface area contributed by atoms with Crippen molar-refractivity contribution in [2.75, 3.05) is 26.8 Å². The summed E-state index contributed by atoms with van der Waals surface area (Å²) in [4.78, 5) is 81.9. The van der Waals surface area contributed by atoms with Crippen molar-refractivity contribution in [3.8, 4) is 0 Å². The Morgan fingerprint density at radius 1 is 0.760 bits per heavy atom. The van der Waals surface area contributed by atoms with E-state index in [1.54, 1.807) is 6.92 Å². The lowest BCUT2D eigenvalue weighted by molar-refractivity contribution is -0.157. The molecule has 288 valence electrons. The predicted molar refractivity (Wildman–Crippen MR) is 189 cm³/mol. The van der Waals surface area contributed by atoms with Gasteiger partial charge in [-0.05, 0) is 31.1 Å². The van der Waals surface area contributed by atoms with Crippen LogP contribution < -0.4 is 21.3 Å². The molecular weight excluding hydrogens is 646 g/mol. The van der Waals surface area contributed by atoms with Gasteiger partial charge in [-0.1, -0.05) is 99.3 Å². The zero-order valence-corrected chi connectivity index (χ0v) is 31.4. The van der Waals surface area contributed by atoms with Crippen molar-refractivity contribution in [2.24, 2.45) is 17.8 Å². The number of nitrogens with zero attached hydrogens (tertiary/aromatic N) is 1. The Labute approximate surface area is 298 Å². The van der Waals surface area contributed by atoms with Crippen LogP contribution in [0.3, 0.4) is 0 Å². The van der Waals surface area contributed by atoms with Crippen LogP contribution in [0.5, 0.6) is 0 Å². The van der Waals surface area contributed by atoms with Gasteiger partial charge in [0.25, 0.3) is 0 Å². The number of likely N-dealkylation sites (N-methyl/N-ethyl adjacent to an activating group) is 1. The summed E-state index contributed by atoms with van der Waals surface area (Å²) in [7, 11) is 1.52. The number of nitrogens with one attached hydrogen (secondary N) is 4. The van der Waals surface area contributed by atoms with E-state index < -0.39 is 91.5 Å². The lowest BCUT2D eigenvalue weighted by atomic mass is 9.91. The highest BCUT2D eigenvalue weighted by molar-refractivity contribution is 5.96. The number of aliphatic hydroxyl groups excluding tert-OH is 2. The van der Waals surface area contributed by atoms with Crippen LogP contribution in [0.4, 0.5) is 0 Å². The van der Waals surface area contributed by atoms with E-state index in [0.717, 1.165) is 25.7 Å². The number of hydrogen-bond donors (Lipinski definition) is 6. The van der Waals surface area contributed by atoms with E-state index in [4.69, 9.17) is 4.74 Å². The molecule has 0 aromatic carbocycles. The molecule has 1 saturated heterocycles. The second-order valence-corrected chi connectivity index (χ2v) is 13.9. The molecule has 5 amide bonds. The van der Waals surface area contributed by atoms with Crippen LogP contribution in [0, 0.1) is 17.8 Å². The first-order chi connectivity index (χ1) is 23.7. The number of amides is 5. The third kappa shape index (κ3) is 14.9. The van der Waals surface area contributed by atoms with Gasteiger partial charge in [0, 0.05) is 7.05 Å². The molecule has 50 heavy (non-hydrogen) atoms. The smallest absolute Gasteiger partial charge is 0.325 e. The minimum atomic E-state index is -1.51. The van der Waals surface area contributed by atoms with Gasteiger partial charge in [-0.15, -0.1) is 0 Å². The molecule has 1 aliphatic rings. The van der Waals surface area contributed by atoms with Crippen LogP contribution in [-0.4, -0.2) is 108 Å². The first kappa shape index (κ1) is 44.8. The highest BCUT2D eigenvalue weighted by atomic mass is 16.5. The summed E-state index contributed by atoms with van der Waals surface area (Å²) in [6, 6.07) is -5.09. The summed E-state index contributed by atoms with van der Waals surface area (Å²) < 4.78 is 5.77. The number of hydrogen-bond acceptors (Lipinski definition) is 9. The molecule has 0 spiro atoms. The second kappa shape index (κ2) is 24.0. The number of carbonyl (C=O) groups is 6. The van der Waals surface area contributed by atoms with Crippen molar-refractivity contribution in [1.29, 1.82) is 0 Å². The van der Waals surface area contributed by atoms with Gasteiger partial charge in [0.1, 0.15) is 36.8 Å². The summed E-state index contributed by atoms with van der Waals surface area (Å²) in [5.41, 5.74) is 0. The summed E-state index contributed by atoms with van der Waals surface area (Å²) in [5, 5.41) is 29.7. The Morgan fingerprint density at radius 3 is 1.84 bits per heavy atom. The molecule has 1 heterocycles. The van der Waals surface area contributed by atoms with Crippen LogP contribution in [0.2, 0.25) is 0 Å². The maximum absolute atomic E-state index is 14.0. The summed E-state index contributed by atoms with van der Waals surface area (Å²) in [6.45, 7) is 9.12. The van der Waals surface area contributed by atoms with Gasteiger partial charge in [-0.25, -0.2) is 0 Å². The molecule has 1 aliphatic heterocycles. The standard InChI is InChI=1S/C36H65N5O9/c1-8-11-12-13-14-15-16-17-18-29-24(6)36(49)41(7)28(19-23(4)5)34(47)40-31(25(9-2)10-3)35(48)39-27(22-43)33(46)38-26(21-42)32(45)37-20-30(44)50-29/h23-29,31,42-43H,8-22H2,1-7H3,(H,37,45)(H,38,46)(H,39,48)(H,40,47)/t24-,26+,27+,28+,29-,31+/m1/s1. The van der Waals surface area contributed by atoms with Crippen molar-refractivity contribution in [1.82, 2.24) is 26.2 Å². The van der Waals surface area contributed by atoms with Crippen LogP contribution >= 0.6 is 0 Å². The minimum absolute atomic E-state index is 0.00478. The van der Waals surface area contributed by atoms with Crippen molar-refractivity contribution in [3.05, 3.63) is 0 Å². The normalized spacial score (nSPS) is 25.3. The van der Waals surface area contributed by atoms with E-state index in [9.17, 15) is 39.0 Å². The van der Waals surface area contributed by atoms with Crippen molar-refractivity contribution in [2.45, 2.75) is 149 Å². The van der Waals surface area contributed by atoms with Gasteiger partial charge in [-0.2, -0.15) is 0 Å². The number of ether oxygens (including phenoxy) is 1. The SMILES string of the molecule is CCCCCCCCCC[C@H]1OC(=O)CNC(=O)[C@H](CO)NC(=O)[C@H](CO)NC(=O)[C@H](C(CC)CC)NC(=O)[C@H](CC(C)C)N(C)C(=O)[C@@H]1C. The lowest BCUT2D eigenvalue weighted by Crippen LogP contribution is -2.61. The van der Waals surface area contributed by atoms with Crippen LogP contribution in [0.1, 0.15) is 119 Å². The molecule has 0 radical (unpaired) electrons. The van der Waals surface area contributed by atoms with E-state index in [2.05, 4.69) is 28.2 Å². The molecule has 1 fully saturated rings. The van der Waals surface area contributed by atoms with Crippen molar-refractivity contribution < 1.29 is 43.7 Å². The molecule has 14 nitrogen and oxygen atoms in total. The number of aliphatic hydroxyl groups is 2. The lowest BCUT2D eigenvalue weighted by Gasteiger charge is -2.35. The van der Waals surface area contributed by atoms with Crippen LogP contribution in [0.15, 0.2) is 0 Å². The third-order valence-electron chi connectivity index (χ3n) is 9.52. The number of rotatable bonds is 16. The Hall–Kier alpha value is -3.26. The monoisotopic (exact) mass is 711 g/mol. The van der Waals surface area contributed by atoms with E-state index in [0.29, 0.717) is 25.7 Å². The fourth-order valence-corrected chi connectivity index (χ4v) is 6.23. The predicted octanol–water partition coefficient (Wildman–Crippen LogP) is 1.94. The first-order valence-electron chi connectivity index (χ1n) is 18.6. The highest BCUT2D eigenvalue weighted by Crippen LogP contribution is 2.23. The quantitative estimate of drug-likeness (QED) is 0.102. The zero-order valence-electron chi connectivity index (χ0n) is 31.4. The number of carbonyl (C=O) groups excluding carboxylic acids is 6. The topological polar surface area (TPSA) is 203 Å². The molecule has 0 aromatic heterocycles. The van der Waals surface area contributed by atoms with Crippen molar-refractivity contribution >= 4 is 35.5 Å². The fraction of sp³-hybridized carbons (Fsp3) is 0.833. The van der Waals surface area contributed by atoms with Crippen LogP contribution in [0.25, 0.3) is 0 Å². The maximum Gasteiger partial charge on any atom is 0.325 e. The van der Waals surface area contributed by atoms with Crippen LogP contribution in [-0.2, 0) is 33.5 Å². The molecule has 0 aromatic rings. The average Bonchev–Trinajstić information content (AvgIpc) is 3.09. The number of cyclic esters (lactones) is 1. The summed E-state index contributed by atoms with van der Waals surface area (Å²) in [5.74, 6) is -5.52. The summed E-state index contributed by atoms with van der Waals surface area (Å²) >= 11 is 0. The van der Waals surface area contributed by atoms with Gasteiger partial charge in [-0.3, -0.25) is 28.8 Å². The van der Waals surface area contributed by atoms with Gasteiger partial charge in [0.2, 0.25) is 29.5 Å². The Balaban J connectivity index is 3.50. The van der Waals surface area contributed by atoms with E-state index in [1.165, 1.54) is 31.2 Å². The molecule has 0 bridgehead atoms. The molecule has 6 atom stereocenters. The van der Waals surface area contributed by atoms with Gasteiger partial charge < -0.3 is 41.1 Å². The third-order valence-corrected chi connectivity index (χ3v) is 9.52. The number of unbranched alkanes of at least 4 members (excludes halogenated alkanes) is 7. The highest BCUT2D eigenvalue weighted by Gasteiger charge is 2.38. The molecule has 0 aliphatic carbocycles. The minimum Gasteiger partial charge on any atom is -0.460 e. The van der Waals surface area contributed by atoms with Gasteiger partial charge in [0.15, 0.2) is 0 Å². The molecule has 6 N–H and O–H groups in total. The average molecular weight is 712 g/mol. The van der Waals surface area contributed by atoms with E-state index in [1.807, 2.05) is 27.7 Å². The maximum atomic E-state index is 14.0. The molecular formula is C36H65N5O9. The Kier molecular flexibility index (Phi) is 21.5. The molecule has 0 saturated carbocycles. The van der Waals surface area contributed by atoms with Gasteiger partial charge in [0.05, 0.1) is 19.1 Å². The Morgan fingerprint density at radius 2 is 1.30 bits per heavy atom. The zero-order chi connectivity index (χ0) is 37.8. The number of esters is 1. The molecule has 14 heteroatoms. The van der Waals surface area contributed by atoms with E-state index in [-0.39, 0.29) is 18.3 Å². The van der Waals surface area contributed by atoms with Crippen molar-refractivity contribution in [3.63, 3.8) is 0 Å². The van der Waals surface area contributed by atoms with Gasteiger partial charge >= 0.3 is 5.97 Å². The first-order valence-corrected chi connectivity index (χ1v) is 18.6.